The van der Waals surface area contributed by atoms with Crippen LogP contribution in [0, 0.1) is 11.7 Å². The van der Waals surface area contributed by atoms with Gasteiger partial charge in [0.15, 0.2) is 0 Å². The molecular weight excluding hydrogens is 225 g/mol. The number of likely N-dealkylation sites (N-methyl/N-ethyl adjacent to an activating group) is 1. The summed E-state index contributed by atoms with van der Waals surface area (Å²) < 4.78 is 13.6. The highest BCUT2D eigenvalue weighted by atomic mass is 35.5. The molecule has 0 aromatic heterocycles. The number of nitrogens with one attached hydrogen (secondary N) is 1. The molecule has 0 amide bonds. The molecule has 0 heterocycles. The molecule has 3 heteroatoms. The van der Waals surface area contributed by atoms with E-state index in [0.29, 0.717) is 16.5 Å². The Hall–Kier alpha value is -0.860. The van der Waals surface area contributed by atoms with Gasteiger partial charge < -0.3 is 5.32 Å². The SMILES string of the molecule is CNCC(=Cc1c(F)cccc1Cl)C(C)C. The van der Waals surface area contributed by atoms with Crippen LogP contribution >= 0.6 is 11.6 Å². The smallest absolute Gasteiger partial charge is 0.131 e. The van der Waals surface area contributed by atoms with Crippen molar-refractivity contribution in [3.05, 3.63) is 40.2 Å². The van der Waals surface area contributed by atoms with Gasteiger partial charge in [-0.2, -0.15) is 0 Å². The van der Waals surface area contributed by atoms with Gasteiger partial charge >= 0.3 is 0 Å². The number of hydrogen-bond donors (Lipinski definition) is 1. The number of rotatable bonds is 4. The molecule has 0 aliphatic heterocycles. The van der Waals surface area contributed by atoms with Crippen molar-refractivity contribution in [2.45, 2.75) is 13.8 Å². The quantitative estimate of drug-likeness (QED) is 0.847. The van der Waals surface area contributed by atoms with Gasteiger partial charge in [0.05, 0.1) is 5.02 Å². The van der Waals surface area contributed by atoms with E-state index in [1.165, 1.54) is 6.07 Å². The molecule has 1 aromatic carbocycles. The van der Waals surface area contributed by atoms with Gasteiger partial charge in [-0.3, -0.25) is 0 Å². The van der Waals surface area contributed by atoms with E-state index in [-0.39, 0.29) is 5.82 Å². The van der Waals surface area contributed by atoms with E-state index in [1.807, 2.05) is 13.1 Å². The molecule has 0 unspecified atom stereocenters. The Morgan fingerprint density at radius 1 is 1.50 bits per heavy atom. The van der Waals surface area contributed by atoms with Crippen LogP contribution in [0.5, 0.6) is 0 Å². The first-order valence-corrected chi connectivity index (χ1v) is 5.73. The van der Waals surface area contributed by atoms with Crippen molar-refractivity contribution in [2.75, 3.05) is 13.6 Å². The van der Waals surface area contributed by atoms with Crippen LogP contribution in [0.3, 0.4) is 0 Å². The fourth-order valence-corrected chi connectivity index (χ4v) is 1.68. The van der Waals surface area contributed by atoms with Crippen molar-refractivity contribution < 1.29 is 4.39 Å². The third-order valence-corrected chi connectivity index (χ3v) is 2.78. The van der Waals surface area contributed by atoms with Crippen molar-refractivity contribution in [2.24, 2.45) is 5.92 Å². The third kappa shape index (κ3) is 3.32. The van der Waals surface area contributed by atoms with Gasteiger partial charge in [0, 0.05) is 12.1 Å². The van der Waals surface area contributed by atoms with Gasteiger partial charge in [-0.05, 0) is 31.2 Å². The van der Waals surface area contributed by atoms with Crippen LogP contribution in [0.2, 0.25) is 5.02 Å². The second kappa shape index (κ2) is 6.02. The summed E-state index contributed by atoms with van der Waals surface area (Å²) in [5, 5.41) is 3.53. The van der Waals surface area contributed by atoms with Crippen LogP contribution in [0.4, 0.5) is 4.39 Å². The zero-order chi connectivity index (χ0) is 12.1. The Balaban J connectivity index is 3.12. The molecule has 0 radical (unpaired) electrons. The first-order chi connectivity index (χ1) is 7.56. The maximum Gasteiger partial charge on any atom is 0.131 e. The van der Waals surface area contributed by atoms with Crippen LogP contribution < -0.4 is 5.32 Å². The van der Waals surface area contributed by atoms with E-state index in [2.05, 4.69) is 19.2 Å². The van der Waals surface area contributed by atoms with Gasteiger partial charge in [-0.25, -0.2) is 4.39 Å². The molecular formula is C13H17ClFN. The summed E-state index contributed by atoms with van der Waals surface area (Å²) in [6, 6.07) is 4.74. The van der Waals surface area contributed by atoms with E-state index >= 15 is 0 Å². The van der Waals surface area contributed by atoms with Crippen LogP contribution in [0.1, 0.15) is 19.4 Å². The largest absolute Gasteiger partial charge is 0.316 e. The van der Waals surface area contributed by atoms with Gasteiger partial charge in [0.25, 0.3) is 0 Å². The second-order valence-electron chi connectivity index (χ2n) is 4.04. The van der Waals surface area contributed by atoms with E-state index < -0.39 is 0 Å². The predicted octanol–water partition coefficient (Wildman–Crippen LogP) is 3.74. The Kier molecular flexibility index (Phi) is 4.97. The third-order valence-electron chi connectivity index (χ3n) is 2.45. The average Bonchev–Trinajstić information content (AvgIpc) is 2.21. The molecule has 0 aliphatic rings. The van der Waals surface area contributed by atoms with Gasteiger partial charge in [-0.15, -0.1) is 0 Å². The molecule has 0 saturated heterocycles. The molecule has 1 rings (SSSR count). The first-order valence-electron chi connectivity index (χ1n) is 5.35. The van der Waals surface area contributed by atoms with Gasteiger partial charge in [-0.1, -0.05) is 37.1 Å². The Morgan fingerprint density at radius 2 is 2.19 bits per heavy atom. The van der Waals surface area contributed by atoms with Crippen molar-refractivity contribution >= 4 is 17.7 Å². The Bertz CT molecular complexity index is 365. The minimum atomic E-state index is -0.276. The standard InChI is InChI=1S/C13H17ClFN/c1-9(2)10(8-16-3)7-11-12(14)5-4-6-13(11)15/h4-7,9,16H,8H2,1-3H3. The van der Waals surface area contributed by atoms with Gasteiger partial charge in [0.1, 0.15) is 5.82 Å². The summed E-state index contributed by atoms with van der Waals surface area (Å²) in [5.74, 6) is 0.0878. The second-order valence-corrected chi connectivity index (χ2v) is 4.45. The Morgan fingerprint density at radius 3 is 2.69 bits per heavy atom. The molecule has 1 N–H and O–H groups in total. The van der Waals surface area contributed by atoms with Crippen molar-refractivity contribution in [1.29, 1.82) is 0 Å². The van der Waals surface area contributed by atoms with E-state index in [9.17, 15) is 4.39 Å². The van der Waals surface area contributed by atoms with Crippen molar-refractivity contribution in [1.82, 2.24) is 5.32 Å². The topological polar surface area (TPSA) is 12.0 Å². The molecule has 0 aliphatic carbocycles. The Labute approximate surface area is 101 Å². The number of benzene rings is 1. The number of halogens is 2. The predicted molar refractivity (Wildman–Crippen MR) is 68.2 cm³/mol. The van der Waals surface area contributed by atoms with E-state index in [4.69, 9.17) is 11.6 Å². The molecule has 88 valence electrons. The average molecular weight is 242 g/mol. The molecule has 0 saturated carbocycles. The van der Waals surface area contributed by atoms with Gasteiger partial charge in [0.2, 0.25) is 0 Å². The summed E-state index contributed by atoms with van der Waals surface area (Å²) in [7, 11) is 1.87. The molecule has 0 bridgehead atoms. The fraction of sp³-hybridized carbons (Fsp3) is 0.385. The minimum absolute atomic E-state index is 0.276. The van der Waals surface area contributed by atoms with Crippen molar-refractivity contribution in [3.63, 3.8) is 0 Å². The lowest BCUT2D eigenvalue weighted by Crippen LogP contribution is -2.14. The maximum atomic E-state index is 13.6. The van der Waals surface area contributed by atoms with Crippen LogP contribution in [0.15, 0.2) is 23.8 Å². The van der Waals surface area contributed by atoms with E-state index in [0.717, 1.165) is 12.1 Å². The number of hydrogen-bond acceptors (Lipinski definition) is 1. The summed E-state index contributed by atoms with van der Waals surface area (Å²) in [6.45, 7) is 4.90. The zero-order valence-electron chi connectivity index (χ0n) is 9.85. The summed E-state index contributed by atoms with van der Waals surface area (Å²) in [6.07, 6.45) is 1.83. The van der Waals surface area contributed by atoms with Crippen LogP contribution in [0.25, 0.3) is 6.08 Å². The highest BCUT2D eigenvalue weighted by molar-refractivity contribution is 6.32. The monoisotopic (exact) mass is 241 g/mol. The first kappa shape index (κ1) is 13.2. The maximum absolute atomic E-state index is 13.6. The summed E-state index contributed by atoms with van der Waals surface area (Å²) in [4.78, 5) is 0. The molecule has 1 nitrogen and oxygen atoms in total. The zero-order valence-corrected chi connectivity index (χ0v) is 10.6. The summed E-state index contributed by atoms with van der Waals surface area (Å²) >= 11 is 5.97. The lowest BCUT2D eigenvalue weighted by Gasteiger charge is -2.11. The van der Waals surface area contributed by atoms with Crippen molar-refractivity contribution in [3.8, 4) is 0 Å². The normalized spacial score (nSPS) is 12.2. The molecule has 0 fully saturated rings. The lowest BCUT2D eigenvalue weighted by molar-refractivity contribution is 0.624. The highest BCUT2D eigenvalue weighted by Crippen LogP contribution is 2.23. The fourth-order valence-electron chi connectivity index (χ4n) is 1.46. The molecule has 1 aromatic rings. The lowest BCUT2D eigenvalue weighted by atomic mass is 10.00. The van der Waals surface area contributed by atoms with Crippen LogP contribution in [-0.4, -0.2) is 13.6 Å². The van der Waals surface area contributed by atoms with Crippen LogP contribution in [-0.2, 0) is 0 Å². The minimum Gasteiger partial charge on any atom is -0.316 e. The highest BCUT2D eigenvalue weighted by Gasteiger charge is 2.08. The van der Waals surface area contributed by atoms with E-state index in [1.54, 1.807) is 12.1 Å². The molecule has 0 spiro atoms. The molecule has 0 atom stereocenters. The summed E-state index contributed by atoms with van der Waals surface area (Å²) in [5.41, 5.74) is 1.61. The molecule has 16 heavy (non-hydrogen) atoms.